The van der Waals surface area contributed by atoms with Gasteiger partial charge in [0.05, 0.1) is 13.2 Å². The van der Waals surface area contributed by atoms with Crippen molar-refractivity contribution >= 4 is 28.6 Å². The summed E-state index contributed by atoms with van der Waals surface area (Å²) in [5, 5.41) is 0. The first-order chi connectivity index (χ1) is 7.74. The van der Waals surface area contributed by atoms with Crippen LogP contribution in [-0.4, -0.2) is 54.2 Å². The number of ether oxygens (including phenoxy) is 2. The molecule has 0 bridgehead atoms. The minimum atomic E-state index is -0.174. The number of carbonyl (C=O) groups excluding carboxylic acids is 1. The van der Waals surface area contributed by atoms with Crippen LogP contribution >= 0.6 is 22.6 Å². The maximum absolute atomic E-state index is 11.5. The lowest BCUT2D eigenvalue weighted by Gasteiger charge is -2.26. The van der Waals surface area contributed by atoms with Crippen molar-refractivity contribution < 1.29 is 14.3 Å². The summed E-state index contributed by atoms with van der Waals surface area (Å²) in [6.07, 6.45) is 3.69. The Kier molecular flexibility index (Phi) is 6.98. The number of halogens is 1. The third-order valence-corrected chi connectivity index (χ3v) is 3.27. The van der Waals surface area contributed by atoms with Gasteiger partial charge in [0.25, 0.3) is 0 Å². The topological polar surface area (TPSA) is 38.8 Å². The van der Waals surface area contributed by atoms with Crippen LogP contribution in [0.1, 0.15) is 6.92 Å². The highest BCUT2D eigenvalue weighted by atomic mass is 127. The first-order valence-corrected chi connectivity index (χ1v) is 6.72. The predicted molar refractivity (Wildman–Crippen MR) is 70.8 cm³/mol. The number of hydrogen-bond donors (Lipinski definition) is 0. The van der Waals surface area contributed by atoms with E-state index in [1.165, 1.54) is 0 Å². The fourth-order valence-corrected chi connectivity index (χ4v) is 2.02. The lowest BCUT2D eigenvalue weighted by Crippen LogP contribution is -2.38. The summed E-state index contributed by atoms with van der Waals surface area (Å²) >= 11 is 2.07. The highest BCUT2D eigenvalue weighted by Crippen LogP contribution is 2.05. The molecule has 1 fully saturated rings. The third kappa shape index (κ3) is 5.27. The number of esters is 1. The number of carbonyl (C=O) groups is 1. The molecule has 0 radical (unpaired) electrons. The Morgan fingerprint density at radius 1 is 1.56 bits per heavy atom. The van der Waals surface area contributed by atoms with Gasteiger partial charge in [-0.05, 0) is 6.92 Å². The molecule has 1 rings (SSSR count). The van der Waals surface area contributed by atoms with Crippen LogP contribution < -0.4 is 0 Å². The molecule has 0 spiro atoms. The van der Waals surface area contributed by atoms with E-state index in [2.05, 4.69) is 27.5 Å². The van der Waals surface area contributed by atoms with Crippen molar-refractivity contribution in [2.75, 3.05) is 39.5 Å². The molecule has 1 saturated heterocycles. The number of hydrogen-bond acceptors (Lipinski definition) is 4. The first-order valence-electron chi connectivity index (χ1n) is 5.47. The summed E-state index contributed by atoms with van der Waals surface area (Å²) in [7, 11) is 0. The molecule has 0 N–H and O–H groups in total. The first kappa shape index (κ1) is 13.9. The Bertz CT molecular complexity index is 239. The Morgan fingerprint density at radius 3 is 2.88 bits per heavy atom. The number of rotatable bonds is 5. The summed E-state index contributed by atoms with van der Waals surface area (Å²) in [5.74, 6) is -0.160. The van der Waals surface area contributed by atoms with E-state index in [-0.39, 0.29) is 9.89 Å². The largest absolute Gasteiger partial charge is 0.463 e. The third-order valence-electron chi connectivity index (χ3n) is 2.34. The molecule has 5 heteroatoms. The molecule has 0 saturated carbocycles. The van der Waals surface area contributed by atoms with E-state index in [1.807, 2.05) is 19.1 Å². The molecular weight excluding hydrogens is 321 g/mol. The van der Waals surface area contributed by atoms with Gasteiger partial charge >= 0.3 is 5.97 Å². The van der Waals surface area contributed by atoms with E-state index in [0.29, 0.717) is 6.61 Å². The van der Waals surface area contributed by atoms with Gasteiger partial charge in [-0.15, -0.1) is 0 Å². The SMILES string of the molecule is C/C=C/C(I)C(=O)OCCN1CCOCC1. The van der Waals surface area contributed by atoms with Crippen molar-refractivity contribution in [1.29, 1.82) is 0 Å². The zero-order chi connectivity index (χ0) is 11.8. The van der Waals surface area contributed by atoms with Gasteiger partial charge in [0.15, 0.2) is 0 Å². The van der Waals surface area contributed by atoms with Gasteiger partial charge in [-0.25, -0.2) is 0 Å². The minimum Gasteiger partial charge on any atom is -0.463 e. The Labute approximate surface area is 110 Å². The van der Waals surface area contributed by atoms with Crippen molar-refractivity contribution in [2.24, 2.45) is 0 Å². The molecular formula is C11H18INO3. The molecule has 0 aromatic carbocycles. The Balaban J connectivity index is 2.11. The normalized spacial score (nSPS) is 19.9. The fraction of sp³-hybridized carbons (Fsp3) is 0.727. The summed E-state index contributed by atoms with van der Waals surface area (Å²) in [6.45, 7) is 6.58. The number of morpholine rings is 1. The second kappa shape index (κ2) is 8.03. The molecule has 1 aliphatic rings. The van der Waals surface area contributed by atoms with E-state index >= 15 is 0 Å². The van der Waals surface area contributed by atoms with Crippen molar-refractivity contribution in [3.8, 4) is 0 Å². The van der Waals surface area contributed by atoms with Gasteiger partial charge in [-0.2, -0.15) is 0 Å². The van der Waals surface area contributed by atoms with Gasteiger partial charge < -0.3 is 9.47 Å². The summed E-state index contributed by atoms with van der Waals surface area (Å²) in [4.78, 5) is 13.7. The highest BCUT2D eigenvalue weighted by molar-refractivity contribution is 14.1. The van der Waals surface area contributed by atoms with Crippen LogP contribution in [0.15, 0.2) is 12.2 Å². The minimum absolute atomic E-state index is 0.160. The number of alkyl halides is 1. The molecule has 0 aliphatic carbocycles. The quantitative estimate of drug-likeness (QED) is 0.327. The highest BCUT2D eigenvalue weighted by Gasteiger charge is 2.14. The Morgan fingerprint density at radius 2 is 2.25 bits per heavy atom. The monoisotopic (exact) mass is 339 g/mol. The van der Waals surface area contributed by atoms with Crippen LogP contribution in [0, 0.1) is 0 Å². The summed E-state index contributed by atoms with van der Waals surface area (Å²) in [5.41, 5.74) is 0. The molecule has 1 heterocycles. The zero-order valence-electron chi connectivity index (χ0n) is 9.52. The molecule has 0 aromatic heterocycles. The van der Waals surface area contributed by atoms with Gasteiger partial charge in [0.1, 0.15) is 10.5 Å². The maximum atomic E-state index is 11.5. The van der Waals surface area contributed by atoms with Crippen LogP contribution in [0.4, 0.5) is 0 Å². The summed E-state index contributed by atoms with van der Waals surface area (Å²) in [6, 6.07) is 0. The second-order valence-electron chi connectivity index (χ2n) is 3.55. The predicted octanol–water partition coefficient (Wildman–Crippen LogP) is 1.24. The van der Waals surface area contributed by atoms with Crippen LogP contribution in [0.25, 0.3) is 0 Å². The average Bonchev–Trinajstić information content (AvgIpc) is 2.30. The molecule has 1 aliphatic heterocycles. The average molecular weight is 339 g/mol. The maximum Gasteiger partial charge on any atom is 0.322 e. The van der Waals surface area contributed by atoms with Gasteiger partial charge in [-0.1, -0.05) is 34.7 Å². The van der Waals surface area contributed by atoms with Crippen LogP contribution in [0.3, 0.4) is 0 Å². The standard InChI is InChI=1S/C11H18INO3/c1-2-3-10(12)11(14)16-9-6-13-4-7-15-8-5-13/h2-3,10H,4-9H2,1H3/b3-2+. The van der Waals surface area contributed by atoms with E-state index in [9.17, 15) is 4.79 Å². The van der Waals surface area contributed by atoms with Crippen LogP contribution in [-0.2, 0) is 14.3 Å². The molecule has 92 valence electrons. The van der Waals surface area contributed by atoms with E-state index in [4.69, 9.17) is 9.47 Å². The molecule has 1 atom stereocenters. The van der Waals surface area contributed by atoms with E-state index in [0.717, 1.165) is 32.8 Å². The van der Waals surface area contributed by atoms with Crippen molar-refractivity contribution in [3.05, 3.63) is 12.2 Å². The van der Waals surface area contributed by atoms with Gasteiger partial charge in [0.2, 0.25) is 0 Å². The molecule has 4 nitrogen and oxygen atoms in total. The van der Waals surface area contributed by atoms with Gasteiger partial charge in [-0.3, -0.25) is 9.69 Å². The Hall–Kier alpha value is -0.140. The van der Waals surface area contributed by atoms with Crippen molar-refractivity contribution in [1.82, 2.24) is 4.90 Å². The van der Waals surface area contributed by atoms with E-state index in [1.54, 1.807) is 0 Å². The number of nitrogens with zero attached hydrogens (tertiary/aromatic N) is 1. The molecule has 0 aromatic rings. The molecule has 0 amide bonds. The summed E-state index contributed by atoms with van der Waals surface area (Å²) < 4.78 is 10.2. The zero-order valence-corrected chi connectivity index (χ0v) is 11.7. The molecule has 1 unspecified atom stereocenters. The van der Waals surface area contributed by atoms with Crippen molar-refractivity contribution in [3.63, 3.8) is 0 Å². The second-order valence-corrected chi connectivity index (χ2v) is 4.89. The van der Waals surface area contributed by atoms with Crippen LogP contribution in [0.5, 0.6) is 0 Å². The number of allylic oxidation sites excluding steroid dienone is 1. The van der Waals surface area contributed by atoms with Gasteiger partial charge in [0, 0.05) is 19.6 Å². The van der Waals surface area contributed by atoms with Crippen LogP contribution in [0.2, 0.25) is 0 Å². The molecule has 16 heavy (non-hydrogen) atoms. The van der Waals surface area contributed by atoms with E-state index < -0.39 is 0 Å². The fourth-order valence-electron chi connectivity index (χ4n) is 1.43. The van der Waals surface area contributed by atoms with Crippen molar-refractivity contribution in [2.45, 2.75) is 10.8 Å². The lowest BCUT2D eigenvalue weighted by molar-refractivity contribution is -0.142. The smallest absolute Gasteiger partial charge is 0.322 e. The lowest BCUT2D eigenvalue weighted by atomic mass is 10.4.